The number of carbonyl (C=O) groups is 2. The Bertz CT molecular complexity index is 549. The number of nitrogens with one attached hydrogen (secondary N) is 1. The molecule has 0 spiro atoms. The number of carbonyl (C=O) groups excluding carboxylic acids is 2. The summed E-state index contributed by atoms with van der Waals surface area (Å²) in [7, 11) is 1.27. The van der Waals surface area contributed by atoms with Gasteiger partial charge in [-0.2, -0.15) is 5.26 Å². The molecule has 112 valence electrons. The van der Waals surface area contributed by atoms with E-state index in [0.717, 1.165) is 0 Å². The Morgan fingerprint density at radius 1 is 1.33 bits per heavy atom. The van der Waals surface area contributed by atoms with Crippen molar-refractivity contribution in [2.45, 2.75) is 19.9 Å². The Morgan fingerprint density at radius 3 is 2.57 bits per heavy atom. The van der Waals surface area contributed by atoms with Crippen molar-refractivity contribution in [3.63, 3.8) is 0 Å². The lowest BCUT2D eigenvalue weighted by molar-refractivity contribution is -0.146. The van der Waals surface area contributed by atoms with Crippen LogP contribution in [0.2, 0.25) is 0 Å². The molecule has 0 aromatic heterocycles. The Balaban J connectivity index is 2.61. The maximum absolute atomic E-state index is 11.8. The van der Waals surface area contributed by atoms with E-state index in [9.17, 15) is 9.59 Å². The van der Waals surface area contributed by atoms with E-state index >= 15 is 0 Å². The number of nitriles is 1. The molecule has 0 aliphatic heterocycles. The lowest BCUT2D eigenvalue weighted by atomic mass is 10.0. The Morgan fingerprint density at radius 2 is 2.00 bits per heavy atom. The second kappa shape index (κ2) is 7.90. The maximum atomic E-state index is 11.8. The summed E-state index contributed by atoms with van der Waals surface area (Å²) in [6, 6.07) is 7.86. The van der Waals surface area contributed by atoms with Crippen molar-refractivity contribution in [1.82, 2.24) is 5.32 Å². The van der Waals surface area contributed by atoms with Crippen LogP contribution in [0, 0.1) is 17.2 Å². The molecule has 0 aliphatic carbocycles. The summed E-state index contributed by atoms with van der Waals surface area (Å²) in [6.45, 7) is 3.32. The highest BCUT2D eigenvalue weighted by Gasteiger charge is 2.24. The van der Waals surface area contributed by atoms with E-state index in [-0.39, 0.29) is 12.5 Å². The third-order valence-electron chi connectivity index (χ3n) is 2.80. The maximum Gasteiger partial charge on any atom is 0.328 e. The van der Waals surface area contributed by atoms with Gasteiger partial charge in [0.25, 0.3) is 5.91 Å². The highest BCUT2D eigenvalue weighted by Crippen LogP contribution is 2.16. The smallest absolute Gasteiger partial charge is 0.328 e. The van der Waals surface area contributed by atoms with Gasteiger partial charge < -0.3 is 14.8 Å². The van der Waals surface area contributed by atoms with Gasteiger partial charge >= 0.3 is 5.97 Å². The summed E-state index contributed by atoms with van der Waals surface area (Å²) in [5.74, 6) is -0.732. The van der Waals surface area contributed by atoms with Crippen LogP contribution in [0.3, 0.4) is 0 Å². The van der Waals surface area contributed by atoms with Gasteiger partial charge in [-0.3, -0.25) is 4.79 Å². The fourth-order valence-corrected chi connectivity index (χ4v) is 1.67. The van der Waals surface area contributed by atoms with Crippen LogP contribution in [0.15, 0.2) is 24.3 Å². The average molecular weight is 290 g/mol. The molecule has 0 saturated heterocycles. The number of para-hydroxylation sites is 1. The minimum Gasteiger partial charge on any atom is -0.482 e. The van der Waals surface area contributed by atoms with Gasteiger partial charge in [0.05, 0.1) is 12.7 Å². The van der Waals surface area contributed by atoms with Crippen molar-refractivity contribution in [3.8, 4) is 11.8 Å². The minimum atomic E-state index is -0.725. The van der Waals surface area contributed by atoms with Crippen molar-refractivity contribution >= 4 is 11.9 Å². The van der Waals surface area contributed by atoms with Gasteiger partial charge in [-0.05, 0) is 18.1 Å². The number of methoxy groups -OCH3 is 1. The van der Waals surface area contributed by atoms with Gasteiger partial charge in [0.1, 0.15) is 17.9 Å². The van der Waals surface area contributed by atoms with Crippen molar-refractivity contribution < 1.29 is 19.1 Å². The highest BCUT2D eigenvalue weighted by molar-refractivity contribution is 5.85. The summed E-state index contributed by atoms with van der Waals surface area (Å²) in [4.78, 5) is 23.4. The number of hydrogen-bond acceptors (Lipinski definition) is 5. The van der Waals surface area contributed by atoms with Crippen LogP contribution < -0.4 is 10.1 Å². The predicted molar refractivity (Wildman–Crippen MR) is 75.4 cm³/mol. The molecule has 0 saturated carbocycles. The number of hydrogen-bond donors (Lipinski definition) is 1. The number of ether oxygens (including phenoxy) is 2. The van der Waals surface area contributed by atoms with Crippen LogP contribution >= 0.6 is 0 Å². The standard InChI is InChI=1S/C15H18N2O4/c1-10(2)14(15(19)20-3)17-13(18)9-21-12-7-5-4-6-11(12)8-16/h4-7,10,14H,9H2,1-3H3,(H,17,18). The number of amides is 1. The van der Waals surface area contributed by atoms with Gasteiger partial charge in [-0.15, -0.1) is 0 Å². The zero-order chi connectivity index (χ0) is 15.8. The molecule has 1 N–H and O–H groups in total. The third kappa shape index (κ3) is 4.80. The lowest BCUT2D eigenvalue weighted by Crippen LogP contribution is -2.46. The van der Waals surface area contributed by atoms with E-state index in [1.807, 2.05) is 6.07 Å². The van der Waals surface area contributed by atoms with Crippen LogP contribution in [0.1, 0.15) is 19.4 Å². The molecule has 0 bridgehead atoms. The Hall–Kier alpha value is -2.55. The van der Waals surface area contributed by atoms with Crippen LogP contribution in [0.4, 0.5) is 0 Å². The Labute approximate surface area is 123 Å². The van der Waals surface area contributed by atoms with E-state index in [1.165, 1.54) is 7.11 Å². The van der Waals surface area contributed by atoms with E-state index < -0.39 is 17.9 Å². The molecule has 1 amide bonds. The molecule has 1 aromatic rings. The Kier molecular flexibility index (Phi) is 6.21. The van der Waals surface area contributed by atoms with Crippen LogP contribution in [-0.4, -0.2) is 31.6 Å². The monoisotopic (exact) mass is 290 g/mol. The van der Waals surface area contributed by atoms with Crippen molar-refractivity contribution in [2.75, 3.05) is 13.7 Å². The molecular formula is C15H18N2O4. The molecular weight excluding hydrogens is 272 g/mol. The highest BCUT2D eigenvalue weighted by atomic mass is 16.5. The van der Waals surface area contributed by atoms with E-state index in [1.54, 1.807) is 38.1 Å². The van der Waals surface area contributed by atoms with E-state index in [2.05, 4.69) is 10.1 Å². The summed E-state index contributed by atoms with van der Waals surface area (Å²) in [6.07, 6.45) is 0. The first-order valence-corrected chi connectivity index (χ1v) is 6.48. The first-order chi connectivity index (χ1) is 9.99. The first-order valence-electron chi connectivity index (χ1n) is 6.48. The molecule has 1 aromatic carbocycles. The number of benzene rings is 1. The molecule has 1 unspecified atom stereocenters. The summed E-state index contributed by atoms with van der Waals surface area (Å²) in [5, 5.41) is 11.5. The molecule has 0 radical (unpaired) electrons. The number of esters is 1. The quantitative estimate of drug-likeness (QED) is 0.797. The minimum absolute atomic E-state index is 0.104. The normalized spacial score (nSPS) is 11.4. The largest absolute Gasteiger partial charge is 0.482 e. The van der Waals surface area contributed by atoms with Crippen LogP contribution in [-0.2, 0) is 14.3 Å². The number of nitrogens with zero attached hydrogens (tertiary/aromatic N) is 1. The molecule has 6 nitrogen and oxygen atoms in total. The van der Waals surface area contributed by atoms with Gasteiger partial charge in [0.2, 0.25) is 0 Å². The van der Waals surface area contributed by atoms with Crippen LogP contribution in [0.5, 0.6) is 5.75 Å². The predicted octanol–water partition coefficient (Wildman–Crippen LogP) is 1.25. The number of rotatable bonds is 6. The zero-order valence-corrected chi connectivity index (χ0v) is 12.3. The summed E-state index contributed by atoms with van der Waals surface area (Å²) >= 11 is 0. The third-order valence-corrected chi connectivity index (χ3v) is 2.80. The summed E-state index contributed by atoms with van der Waals surface area (Å²) in [5.41, 5.74) is 0.346. The molecule has 6 heteroatoms. The van der Waals surface area contributed by atoms with Crippen molar-refractivity contribution in [2.24, 2.45) is 5.92 Å². The molecule has 0 fully saturated rings. The zero-order valence-electron chi connectivity index (χ0n) is 12.3. The van der Waals surface area contributed by atoms with Crippen molar-refractivity contribution in [3.05, 3.63) is 29.8 Å². The first kappa shape index (κ1) is 16.5. The molecule has 1 atom stereocenters. The average Bonchev–Trinajstić information content (AvgIpc) is 2.49. The van der Waals surface area contributed by atoms with E-state index in [0.29, 0.717) is 11.3 Å². The van der Waals surface area contributed by atoms with Crippen molar-refractivity contribution in [1.29, 1.82) is 5.26 Å². The second-order valence-corrected chi connectivity index (χ2v) is 4.71. The second-order valence-electron chi connectivity index (χ2n) is 4.71. The van der Waals surface area contributed by atoms with E-state index in [4.69, 9.17) is 10.00 Å². The molecule has 0 heterocycles. The molecule has 0 aliphatic rings. The fraction of sp³-hybridized carbons (Fsp3) is 0.400. The van der Waals surface area contributed by atoms with Crippen LogP contribution in [0.25, 0.3) is 0 Å². The fourth-order valence-electron chi connectivity index (χ4n) is 1.67. The van der Waals surface area contributed by atoms with Gasteiger partial charge in [-0.25, -0.2) is 4.79 Å². The molecule has 21 heavy (non-hydrogen) atoms. The SMILES string of the molecule is COC(=O)C(NC(=O)COc1ccccc1C#N)C(C)C. The lowest BCUT2D eigenvalue weighted by Gasteiger charge is -2.19. The van der Waals surface area contributed by atoms with Gasteiger partial charge in [0.15, 0.2) is 6.61 Å². The summed E-state index contributed by atoms with van der Waals surface area (Å²) < 4.78 is 9.93. The van der Waals surface area contributed by atoms with Gasteiger partial charge in [0, 0.05) is 0 Å². The molecule has 1 rings (SSSR count). The topological polar surface area (TPSA) is 88.4 Å². The van der Waals surface area contributed by atoms with Gasteiger partial charge in [-0.1, -0.05) is 26.0 Å².